The number of nitrogens with one attached hydrogen (secondary N) is 1. The number of hydrogen-bond donors (Lipinski definition) is 1. The number of benzene rings is 1. The summed E-state index contributed by atoms with van der Waals surface area (Å²) >= 11 is 6.43. The fraction of sp³-hybridized carbons (Fsp3) is 0.647. The normalized spacial score (nSPS) is 26.5. The van der Waals surface area contributed by atoms with Gasteiger partial charge in [-0.15, -0.1) is 0 Å². The fourth-order valence-electron chi connectivity index (χ4n) is 3.41. The highest BCUT2D eigenvalue weighted by atomic mass is 35.5. The summed E-state index contributed by atoms with van der Waals surface area (Å²) in [5.41, 5.74) is 1.61. The molecule has 2 rings (SSSR count). The van der Waals surface area contributed by atoms with Crippen molar-refractivity contribution in [2.24, 2.45) is 5.92 Å². The van der Waals surface area contributed by atoms with Crippen LogP contribution in [0.1, 0.15) is 52.0 Å². The third kappa shape index (κ3) is 3.32. The van der Waals surface area contributed by atoms with Crippen LogP contribution in [0.5, 0.6) is 0 Å². The van der Waals surface area contributed by atoms with Crippen molar-refractivity contribution in [2.75, 3.05) is 6.54 Å². The van der Waals surface area contributed by atoms with Crippen LogP contribution in [0.2, 0.25) is 5.02 Å². The lowest BCUT2D eigenvalue weighted by molar-refractivity contribution is 0.126. The molecule has 0 spiro atoms. The smallest absolute Gasteiger partial charge is 0.0444 e. The molecule has 1 aliphatic carbocycles. The Morgan fingerprint density at radius 2 is 2.00 bits per heavy atom. The first-order valence-electron chi connectivity index (χ1n) is 7.56. The summed E-state index contributed by atoms with van der Waals surface area (Å²) in [6.45, 7) is 7.75. The Labute approximate surface area is 122 Å². The van der Waals surface area contributed by atoms with Crippen LogP contribution in [0.4, 0.5) is 0 Å². The zero-order valence-electron chi connectivity index (χ0n) is 12.4. The summed E-state index contributed by atoms with van der Waals surface area (Å²) in [7, 11) is 0. The largest absolute Gasteiger partial charge is 0.314 e. The molecule has 0 aliphatic heterocycles. The van der Waals surface area contributed by atoms with E-state index >= 15 is 0 Å². The van der Waals surface area contributed by atoms with Crippen molar-refractivity contribution in [1.82, 2.24) is 5.32 Å². The van der Waals surface area contributed by atoms with E-state index in [0.717, 1.165) is 17.5 Å². The third-order valence-electron chi connectivity index (χ3n) is 4.35. The molecular formula is C17H26ClN. The minimum absolute atomic E-state index is 0.266. The van der Waals surface area contributed by atoms with E-state index in [9.17, 15) is 0 Å². The zero-order valence-corrected chi connectivity index (χ0v) is 13.1. The molecule has 0 aromatic heterocycles. The molecule has 1 aromatic rings. The van der Waals surface area contributed by atoms with E-state index in [1.54, 1.807) is 0 Å². The van der Waals surface area contributed by atoms with Crippen molar-refractivity contribution in [2.45, 2.75) is 57.9 Å². The lowest BCUT2D eigenvalue weighted by atomic mass is 9.57. The van der Waals surface area contributed by atoms with Gasteiger partial charge in [-0.2, -0.15) is 0 Å². The Bertz CT molecular complexity index is 407. The van der Waals surface area contributed by atoms with Gasteiger partial charge in [0, 0.05) is 23.0 Å². The Morgan fingerprint density at radius 3 is 2.58 bits per heavy atom. The molecule has 1 N–H and O–H groups in total. The molecule has 19 heavy (non-hydrogen) atoms. The number of rotatable bonds is 6. The van der Waals surface area contributed by atoms with Gasteiger partial charge in [0.1, 0.15) is 0 Å². The van der Waals surface area contributed by atoms with Gasteiger partial charge in [0.15, 0.2) is 0 Å². The maximum absolute atomic E-state index is 6.43. The van der Waals surface area contributed by atoms with Gasteiger partial charge in [0.25, 0.3) is 0 Å². The molecule has 1 saturated carbocycles. The van der Waals surface area contributed by atoms with Gasteiger partial charge < -0.3 is 5.32 Å². The van der Waals surface area contributed by atoms with Crippen LogP contribution in [-0.2, 0) is 5.41 Å². The predicted octanol–water partition coefficient (Wildman–Crippen LogP) is 4.79. The summed E-state index contributed by atoms with van der Waals surface area (Å²) in [5.74, 6) is 0.884. The molecule has 0 amide bonds. The van der Waals surface area contributed by atoms with Crippen LogP contribution >= 0.6 is 11.6 Å². The molecule has 106 valence electrons. The molecule has 0 unspecified atom stereocenters. The standard InChI is InChI=1S/C17H26ClN/c1-4-7-14-10-17(11-14,12-19-13(2)3)15-8-5-6-9-16(15)18/h5-6,8-9,13-14,19H,4,7,10-12H2,1-3H3. The van der Waals surface area contributed by atoms with E-state index in [2.05, 4.69) is 38.2 Å². The maximum atomic E-state index is 6.43. The van der Waals surface area contributed by atoms with Gasteiger partial charge in [0.05, 0.1) is 0 Å². The van der Waals surface area contributed by atoms with Crippen LogP contribution in [0.25, 0.3) is 0 Å². The predicted molar refractivity (Wildman–Crippen MR) is 83.9 cm³/mol. The van der Waals surface area contributed by atoms with Gasteiger partial charge in [0.2, 0.25) is 0 Å². The lowest BCUT2D eigenvalue weighted by Gasteiger charge is -2.49. The van der Waals surface area contributed by atoms with Crippen molar-refractivity contribution in [3.05, 3.63) is 34.9 Å². The van der Waals surface area contributed by atoms with Gasteiger partial charge in [-0.3, -0.25) is 0 Å². The molecule has 0 radical (unpaired) electrons. The minimum Gasteiger partial charge on any atom is -0.314 e. The van der Waals surface area contributed by atoms with E-state index in [1.807, 2.05) is 12.1 Å². The summed E-state index contributed by atoms with van der Waals surface area (Å²) in [4.78, 5) is 0. The lowest BCUT2D eigenvalue weighted by Crippen LogP contribution is -2.50. The Balaban J connectivity index is 2.14. The molecule has 1 nitrogen and oxygen atoms in total. The first-order chi connectivity index (χ1) is 9.07. The molecule has 1 aromatic carbocycles. The molecule has 1 fully saturated rings. The first kappa shape index (κ1) is 14.9. The van der Waals surface area contributed by atoms with Gasteiger partial charge in [-0.1, -0.05) is 63.4 Å². The van der Waals surface area contributed by atoms with Gasteiger partial charge >= 0.3 is 0 Å². The van der Waals surface area contributed by atoms with Crippen molar-refractivity contribution in [3.8, 4) is 0 Å². The SMILES string of the molecule is CCCC1CC(CNC(C)C)(c2ccccc2Cl)C1. The summed E-state index contributed by atoms with van der Waals surface area (Å²) in [5, 5.41) is 4.55. The summed E-state index contributed by atoms with van der Waals surface area (Å²) < 4.78 is 0. The van der Waals surface area contributed by atoms with Crippen molar-refractivity contribution in [1.29, 1.82) is 0 Å². The van der Waals surface area contributed by atoms with Gasteiger partial charge in [-0.05, 0) is 30.4 Å². The van der Waals surface area contributed by atoms with Crippen molar-refractivity contribution >= 4 is 11.6 Å². The summed E-state index contributed by atoms with van der Waals surface area (Å²) in [6, 6.07) is 8.92. The van der Waals surface area contributed by atoms with E-state index in [0.29, 0.717) is 6.04 Å². The van der Waals surface area contributed by atoms with E-state index in [1.165, 1.54) is 31.2 Å². The highest BCUT2D eigenvalue weighted by molar-refractivity contribution is 6.31. The van der Waals surface area contributed by atoms with Crippen molar-refractivity contribution in [3.63, 3.8) is 0 Å². The molecular weight excluding hydrogens is 254 g/mol. The number of hydrogen-bond acceptors (Lipinski definition) is 1. The summed E-state index contributed by atoms with van der Waals surface area (Å²) in [6.07, 6.45) is 5.21. The Morgan fingerprint density at radius 1 is 1.32 bits per heavy atom. The van der Waals surface area contributed by atoms with Gasteiger partial charge in [-0.25, -0.2) is 0 Å². The topological polar surface area (TPSA) is 12.0 Å². The highest BCUT2D eigenvalue weighted by Gasteiger charge is 2.45. The van der Waals surface area contributed by atoms with Crippen molar-refractivity contribution < 1.29 is 0 Å². The van der Waals surface area contributed by atoms with Crippen LogP contribution in [0, 0.1) is 5.92 Å². The zero-order chi connectivity index (χ0) is 13.9. The van der Waals surface area contributed by atoms with E-state index in [4.69, 9.17) is 11.6 Å². The Hall–Kier alpha value is -0.530. The van der Waals surface area contributed by atoms with E-state index in [-0.39, 0.29) is 5.41 Å². The Kier molecular flexibility index (Phi) is 4.92. The molecule has 1 aliphatic rings. The van der Waals surface area contributed by atoms with Crippen LogP contribution in [0.15, 0.2) is 24.3 Å². The molecule has 0 bridgehead atoms. The molecule has 0 saturated heterocycles. The second-order valence-corrected chi connectivity index (χ2v) is 6.77. The highest BCUT2D eigenvalue weighted by Crippen LogP contribution is 2.51. The van der Waals surface area contributed by atoms with Crippen LogP contribution in [0.3, 0.4) is 0 Å². The quantitative estimate of drug-likeness (QED) is 0.790. The number of halogens is 1. The van der Waals surface area contributed by atoms with E-state index < -0.39 is 0 Å². The van der Waals surface area contributed by atoms with Crippen LogP contribution < -0.4 is 5.32 Å². The monoisotopic (exact) mass is 279 g/mol. The molecule has 2 heteroatoms. The fourth-order valence-corrected chi connectivity index (χ4v) is 3.74. The van der Waals surface area contributed by atoms with Crippen LogP contribution in [-0.4, -0.2) is 12.6 Å². The first-order valence-corrected chi connectivity index (χ1v) is 7.93. The molecule has 0 atom stereocenters. The average molecular weight is 280 g/mol. The average Bonchev–Trinajstić information content (AvgIpc) is 2.33. The second kappa shape index (κ2) is 6.28. The second-order valence-electron chi connectivity index (χ2n) is 6.36. The molecule has 0 heterocycles. The maximum Gasteiger partial charge on any atom is 0.0444 e. The third-order valence-corrected chi connectivity index (χ3v) is 4.68. The minimum atomic E-state index is 0.266.